The molecule has 0 unspecified atom stereocenters. The van der Waals surface area contributed by atoms with Crippen LogP contribution in [0.2, 0.25) is 10.0 Å². The van der Waals surface area contributed by atoms with Crippen LogP contribution in [0.4, 0.5) is 5.69 Å². The van der Waals surface area contributed by atoms with Gasteiger partial charge in [-0.15, -0.1) is 0 Å². The molecule has 0 aliphatic heterocycles. The second-order valence-corrected chi connectivity index (χ2v) is 13.3. The Balaban J connectivity index is 2.09. The van der Waals surface area contributed by atoms with E-state index in [0.717, 1.165) is 9.87 Å². The standard InChI is InChI=1S/C30H35Cl2N3O4S/c1-6-27(29(37)33-30(3,4)5)34(19-22-11-7-8-13-26(22)32)28(36)20-35(24-12-9-10-21(2)18-24)40(38,39)25-16-14-23(31)15-17-25/h7-18,27H,6,19-20H2,1-5H3,(H,33,37)/t27-/m0/s1. The lowest BCUT2D eigenvalue weighted by molar-refractivity contribution is -0.141. The van der Waals surface area contributed by atoms with Crippen molar-refractivity contribution in [3.05, 3.63) is 94.0 Å². The lowest BCUT2D eigenvalue weighted by Gasteiger charge is -2.35. The summed E-state index contributed by atoms with van der Waals surface area (Å²) in [6.07, 6.45) is 0.312. The largest absolute Gasteiger partial charge is 0.350 e. The molecule has 7 nitrogen and oxygen atoms in total. The van der Waals surface area contributed by atoms with Crippen LogP contribution in [0.1, 0.15) is 45.2 Å². The number of aryl methyl sites for hydroxylation is 1. The molecule has 3 aromatic carbocycles. The van der Waals surface area contributed by atoms with E-state index in [4.69, 9.17) is 23.2 Å². The smallest absolute Gasteiger partial charge is 0.264 e. The fourth-order valence-electron chi connectivity index (χ4n) is 4.23. The third kappa shape index (κ3) is 7.99. The third-order valence-corrected chi connectivity index (χ3v) is 8.56. The summed E-state index contributed by atoms with van der Waals surface area (Å²) in [7, 11) is -4.18. The highest BCUT2D eigenvalue weighted by Gasteiger charge is 2.34. The summed E-state index contributed by atoms with van der Waals surface area (Å²) in [4.78, 5) is 28.9. The zero-order chi connectivity index (χ0) is 29.7. The van der Waals surface area contributed by atoms with Crippen LogP contribution >= 0.6 is 23.2 Å². The van der Waals surface area contributed by atoms with Gasteiger partial charge in [-0.2, -0.15) is 0 Å². The number of rotatable bonds is 10. The van der Waals surface area contributed by atoms with Crippen molar-refractivity contribution in [1.82, 2.24) is 10.2 Å². The molecule has 1 N–H and O–H groups in total. The van der Waals surface area contributed by atoms with Gasteiger partial charge >= 0.3 is 0 Å². The zero-order valence-corrected chi connectivity index (χ0v) is 25.6. The molecule has 1 atom stereocenters. The van der Waals surface area contributed by atoms with E-state index >= 15 is 0 Å². The number of benzene rings is 3. The zero-order valence-electron chi connectivity index (χ0n) is 23.3. The highest BCUT2D eigenvalue weighted by atomic mass is 35.5. The maximum atomic E-state index is 14.1. The Morgan fingerprint density at radius 2 is 1.60 bits per heavy atom. The van der Waals surface area contributed by atoms with E-state index in [-0.39, 0.29) is 17.3 Å². The highest BCUT2D eigenvalue weighted by Crippen LogP contribution is 2.27. The molecule has 3 rings (SSSR count). The molecule has 0 radical (unpaired) electrons. The summed E-state index contributed by atoms with van der Waals surface area (Å²) in [6, 6.07) is 18.9. The maximum Gasteiger partial charge on any atom is 0.264 e. The summed E-state index contributed by atoms with van der Waals surface area (Å²) in [5, 5.41) is 3.78. The van der Waals surface area contributed by atoms with Crippen molar-refractivity contribution in [3.8, 4) is 0 Å². The molecule has 0 aliphatic carbocycles. The molecular weight excluding hydrogens is 569 g/mol. The molecule has 0 bridgehead atoms. The quantitative estimate of drug-likeness (QED) is 0.298. The van der Waals surface area contributed by atoms with Crippen molar-refractivity contribution >= 4 is 50.7 Å². The first-order valence-electron chi connectivity index (χ1n) is 12.9. The number of hydrogen-bond donors (Lipinski definition) is 1. The minimum absolute atomic E-state index is 0.0126. The molecule has 0 spiro atoms. The van der Waals surface area contributed by atoms with Crippen LogP contribution in [0.3, 0.4) is 0 Å². The van der Waals surface area contributed by atoms with Gasteiger partial charge in [-0.1, -0.05) is 60.5 Å². The minimum Gasteiger partial charge on any atom is -0.350 e. The lowest BCUT2D eigenvalue weighted by Crippen LogP contribution is -2.55. The van der Waals surface area contributed by atoms with Crippen molar-refractivity contribution < 1.29 is 18.0 Å². The van der Waals surface area contributed by atoms with Gasteiger partial charge in [0.2, 0.25) is 11.8 Å². The van der Waals surface area contributed by atoms with Gasteiger partial charge in [0.15, 0.2) is 0 Å². The Hall–Kier alpha value is -3.07. The number of nitrogens with zero attached hydrogens (tertiary/aromatic N) is 2. The van der Waals surface area contributed by atoms with Crippen LogP contribution in [0.5, 0.6) is 0 Å². The number of nitrogens with one attached hydrogen (secondary N) is 1. The fraction of sp³-hybridized carbons (Fsp3) is 0.333. The second kappa shape index (κ2) is 13.1. The molecule has 0 heterocycles. The molecular formula is C30H35Cl2N3O4S. The van der Waals surface area contributed by atoms with Crippen LogP contribution in [0.15, 0.2) is 77.7 Å². The Bertz CT molecular complexity index is 1450. The Labute approximate surface area is 247 Å². The van der Waals surface area contributed by atoms with E-state index in [2.05, 4.69) is 5.32 Å². The van der Waals surface area contributed by atoms with Crippen molar-refractivity contribution in [2.24, 2.45) is 0 Å². The number of hydrogen-bond acceptors (Lipinski definition) is 4. The number of carbonyl (C=O) groups is 2. The van der Waals surface area contributed by atoms with Gasteiger partial charge in [0, 0.05) is 22.1 Å². The van der Waals surface area contributed by atoms with Crippen LogP contribution in [0.25, 0.3) is 0 Å². The van der Waals surface area contributed by atoms with Crippen molar-refractivity contribution in [3.63, 3.8) is 0 Å². The number of halogens is 2. The Kier molecular flexibility index (Phi) is 10.3. The van der Waals surface area contributed by atoms with Crippen molar-refractivity contribution in [1.29, 1.82) is 0 Å². The van der Waals surface area contributed by atoms with Crippen LogP contribution in [-0.4, -0.2) is 43.3 Å². The van der Waals surface area contributed by atoms with E-state index in [1.54, 1.807) is 42.5 Å². The first-order chi connectivity index (χ1) is 18.7. The first-order valence-corrected chi connectivity index (χ1v) is 15.1. The molecule has 0 saturated heterocycles. The van der Waals surface area contributed by atoms with E-state index in [1.165, 1.54) is 29.2 Å². The first kappa shape index (κ1) is 31.5. The van der Waals surface area contributed by atoms with Crippen LogP contribution in [0, 0.1) is 6.92 Å². The van der Waals surface area contributed by atoms with Crippen LogP contribution < -0.4 is 9.62 Å². The monoisotopic (exact) mass is 603 g/mol. The molecule has 0 saturated carbocycles. The van der Waals surface area contributed by atoms with E-state index in [0.29, 0.717) is 27.7 Å². The normalized spacial score (nSPS) is 12.5. The Morgan fingerprint density at radius 1 is 0.950 bits per heavy atom. The van der Waals surface area contributed by atoms with E-state index in [1.807, 2.05) is 40.7 Å². The van der Waals surface area contributed by atoms with Gasteiger partial charge in [-0.05, 0) is 87.7 Å². The summed E-state index contributed by atoms with van der Waals surface area (Å²) in [6.45, 7) is 8.71. The highest BCUT2D eigenvalue weighted by molar-refractivity contribution is 7.92. The summed E-state index contributed by atoms with van der Waals surface area (Å²) >= 11 is 12.4. The van der Waals surface area contributed by atoms with Gasteiger partial charge in [0.05, 0.1) is 10.6 Å². The summed E-state index contributed by atoms with van der Waals surface area (Å²) in [5.74, 6) is -0.882. The van der Waals surface area contributed by atoms with E-state index in [9.17, 15) is 18.0 Å². The van der Waals surface area contributed by atoms with Gasteiger partial charge in [-0.3, -0.25) is 13.9 Å². The molecule has 0 aliphatic rings. The van der Waals surface area contributed by atoms with Gasteiger partial charge in [0.1, 0.15) is 12.6 Å². The molecule has 3 aromatic rings. The molecule has 0 fully saturated rings. The average Bonchev–Trinajstić information content (AvgIpc) is 2.87. The number of anilines is 1. The SMILES string of the molecule is CC[C@@H](C(=O)NC(C)(C)C)N(Cc1ccccc1Cl)C(=O)CN(c1cccc(C)c1)S(=O)(=O)c1ccc(Cl)cc1. The van der Waals surface area contributed by atoms with Crippen molar-refractivity contribution in [2.45, 2.75) is 64.1 Å². The molecule has 214 valence electrons. The number of carbonyl (C=O) groups excluding carboxylic acids is 2. The molecule has 40 heavy (non-hydrogen) atoms. The number of sulfonamides is 1. The van der Waals surface area contributed by atoms with Gasteiger partial charge < -0.3 is 10.2 Å². The average molecular weight is 605 g/mol. The summed E-state index contributed by atoms with van der Waals surface area (Å²) < 4.78 is 28.9. The van der Waals surface area contributed by atoms with Crippen molar-refractivity contribution in [2.75, 3.05) is 10.8 Å². The Morgan fingerprint density at radius 3 is 2.17 bits per heavy atom. The predicted molar refractivity (Wildman–Crippen MR) is 161 cm³/mol. The minimum atomic E-state index is -4.18. The lowest BCUT2D eigenvalue weighted by atomic mass is 10.1. The second-order valence-electron chi connectivity index (χ2n) is 10.6. The maximum absolute atomic E-state index is 14.1. The fourth-order valence-corrected chi connectivity index (χ4v) is 5.96. The number of amides is 2. The van der Waals surface area contributed by atoms with Crippen LogP contribution in [-0.2, 0) is 26.2 Å². The molecule has 0 aromatic heterocycles. The molecule has 10 heteroatoms. The predicted octanol–water partition coefficient (Wildman–Crippen LogP) is 6.22. The third-order valence-electron chi connectivity index (χ3n) is 6.15. The van der Waals surface area contributed by atoms with Gasteiger partial charge in [-0.25, -0.2) is 8.42 Å². The van der Waals surface area contributed by atoms with Gasteiger partial charge in [0.25, 0.3) is 10.0 Å². The van der Waals surface area contributed by atoms with E-state index < -0.39 is 34.1 Å². The topological polar surface area (TPSA) is 86.8 Å². The summed E-state index contributed by atoms with van der Waals surface area (Å²) in [5.41, 5.74) is 1.26. The molecule has 2 amide bonds.